The molecule has 0 spiro atoms. The number of likely N-dealkylation sites (N-methyl/N-ethyl adjacent to an activating group) is 1. The van der Waals surface area contributed by atoms with E-state index in [1.54, 1.807) is 24.1 Å². The van der Waals surface area contributed by atoms with Crippen LogP contribution < -0.4 is 9.47 Å². The minimum absolute atomic E-state index is 0.0260. The molecule has 0 aliphatic heterocycles. The van der Waals surface area contributed by atoms with Gasteiger partial charge in [-0.25, -0.2) is 0 Å². The van der Waals surface area contributed by atoms with Crippen molar-refractivity contribution in [2.24, 2.45) is 0 Å². The minimum Gasteiger partial charge on any atom is -0.493 e. The first kappa shape index (κ1) is 16.2. The van der Waals surface area contributed by atoms with Gasteiger partial charge in [-0.05, 0) is 24.7 Å². The van der Waals surface area contributed by atoms with Crippen molar-refractivity contribution in [2.75, 3.05) is 27.8 Å². The molecule has 1 rings (SSSR count). The Bertz CT molecular complexity index is 454. The molecule has 0 N–H and O–H groups in total. The molecule has 0 radical (unpaired) electrons. The fourth-order valence-corrected chi connectivity index (χ4v) is 1.66. The van der Waals surface area contributed by atoms with E-state index in [1.165, 1.54) is 20.3 Å². The number of rotatable bonds is 7. The van der Waals surface area contributed by atoms with Gasteiger partial charge in [0.25, 0.3) is 0 Å². The van der Waals surface area contributed by atoms with Crippen LogP contribution in [0.3, 0.4) is 0 Å². The van der Waals surface area contributed by atoms with Gasteiger partial charge in [-0.2, -0.15) is 8.78 Å². The molecule has 0 unspecified atom stereocenters. The molecule has 0 bridgehead atoms. The Balaban J connectivity index is 2.74. The summed E-state index contributed by atoms with van der Waals surface area (Å²) in [5, 5.41) is 0. The quantitative estimate of drug-likeness (QED) is 0.718. The molecule has 1 aromatic carbocycles. The van der Waals surface area contributed by atoms with Crippen LogP contribution in [0.25, 0.3) is 0 Å². The lowest BCUT2D eigenvalue weighted by Crippen LogP contribution is -2.26. The van der Waals surface area contributed by atoms with E-state index in [9.17, 15) is 13.6 Å². The van der Waals surface area contributed by atoms with Crippen molar-refractivity contribution in [2.45, 2.75) is 13.2 Å². The highest BCUT2D eigenvalue weighted by molar-refractivity contribution is 5.71. The zero-order valence-corrected chi connectivity index (χ0v) is 11.6. The van der Waals surface area contributed by atoms with Crippen molar-refractivity contribution in [3.8, 4) is 11.5 Å². The van der Waals surface area contributed by atoms with E-state index in [0.29, 0.717) is 6.54 Å². The molecule has 0 aromatic heterocycles. The van der Waals surface area contributed by atoms with Crippen molar-refractivity contribution in [1.82, 2.24) is 4.90 Å². The Morgan fingerprint density at radius 2 is 2.00 bits per heavy atom. The second-order valence-corrected chi connectivity index (χ2v) is 4.11. The molecule has 0 atom stereocenters. The van der Waals surface area contributed by atoms with Crippen LogP contribution in [0.5, 0.6) is 11.5 Å². The summed E-state index contributed by atoms with van der Waals surface area (Å²) in [6.07, 6.45) is 0. The number of hydrogen-bond acceptors (Lipinski definition) is 5. The Morgan fingerprint density at radius 3 is 2.55 bits per heavy atom. The van der Waals surface area contributed by atoms with Crippen molar-refractivity contribution >= 4 is 5.97 Å². The monoisotopic (exact) mass is 289 g/mol. The molecule has 0 amide bonds. The minimum atomic E-state index is -2.91. The van der Waals surface area contributed by atoms with E-state index < -0.39 is 6.61 Å². The summed E-state index contributed by atoms with van der Waals surface area (Å²) < 4.78 is 38.3. The number of ether oxygens (including phenoxy) is 3. The van der Waals surface area contributed by atoms with Crippen molar-refractivity contribution in [3.63, 3.8) is 0 Å². The normalized spacial score (nSPS) is 10.8. The summed E-state index contributed by atoms with van der Waals surface area (Å²) in [6, 6.07) is 4.63. The van der Waals surface area contributed by atoms with Gasteiger partial charge >= 0.3 is 12.6 Å². The molecule has 7 heteroatoms. The highest BCUT2D eigenvalue weighted by Gasteiger charge is 2.12. The summed E-state index contributed by atoms with van der Waals surface area (Å²) in [5.74, 6) is -0.159. The molecule has 112 valence electrons. The Kier molecular flexibility index (Phi) is 6.17. The summed E-state index contributed by atoms with van der Waals surface area (Å²) >= 11 is 0. The number of benzene rings is 1. The number of alkyl halides is 2. The third-order valence-electron chi connectivity index (χ3n) is 2.52. The molecule has 0 saturated heterocycles. The lowest BCUT2D eigenvalue weighted by Gasteiger charge is -2.16. The molecule has 0 fully saturated rings. The molecule has 0 aliphatic rings. The predicted molar refractivity (Wildman–Crippen MR) is 68.0 cm³/mol. The fraction of sp³-hybridized carbons (Fsp3) is 0.462. The molecule has 0 aliphatic carbocycles. The van der Waals surface area contributed by atoms with Gasteiger partial charge < -0.3 is 14.2 Å². The summed E-state index contributed by atoms with van der Waals surface area (Å²) in [4.78, 5) is 12.8. The zero-order chi connectivity index (χ0) is 15.1. The van der Waals surface area contributed by atoms with E-state index in [0.717, 1.165) is 5.56 Å². The Morgan fingerprint density at radius 1 is 1.30 bits per heavy atom. The number of methoxy groups -OCH3 is 2. The SMILES string of the molecule is COC(=O)CN(C)Cc1ccc(OC(F)F)c(OC)c1. The van der Waals surface area contributed by atoms with Crippen LogP contribution in [0.4, 0.5) is 8.78 Å². The number of hydrogen-bond donors (Lipinski definition) is 0. The van der Waals surface area contributed by atoms with Crippen LogP contribution in [0.15, 0.2) is 18.2 Å². The third-order valence-corrected chi connectivity index (χ3v) is 2.52. The van der Waals surface area contributed by atoms with Gasteiger partial charge in [-0.3, -0.25) is 9.69 Å². The van der Waals surface area contributed by atoms with Gasteiger partial charge in [0.15, 0.2) is 11.5 Å². The van der Waals surface area contributed by atoms with Crippen molar-refractivity contribution < 1.29 is 27.8 Å². The summed E-state index contributed by atoms with van der Waals surface area (Å²) in [6.45, 7) is -2.33. The van der Waals surface area contributed by atoms with E-state index in [2.05, 4.69) is 9.47 Å². The third kappa shape index (κ3) is 5.00. The topological polar surface area (TPSA) is 48.0 Å². The first-order valence-electron chi connectivity index (χ1n) is 5.83. The van der Waals surface area contributed by atoms with Crippen LogP contribution in [-0.2, 0) is 16.1 Å². The predicted octanol–water partition coefficient (Wildman–Crippen LogP) is 1.90. The Labute approximate surface area is 116 Å². The van der Waals surface area contributed by atoms with Gasteiger partial charge in [-0.1, -0.05) is 6.07 Å². The Hall–Kier alpha value is -1.89. The second-order valence-electron chi connectivity index (χ2n) is 4.11. The molecular weight excluding hydrogens is 272 g/mol. The maximum absolute atomic E-state index is 12.2. The number of carbonyl (C=O) groups excluding carboxylic acids is 1. The standard InChI is InChI=1S/C13H17F2NO4/c1-16(8-12(17)19-3)7-9-4-5-10(20-13(14)15)11(6-9)18-2/h4-6,13H,7-8H2,1-3H3. The van der Waals surface area contributed by atoms with Gasteiger partial charge in [-0.15, -0.1) is 0 Å². The maximum Gasteiger partial charge on any atom is 0.387 e. The van der Waals surface area contributed by atoms with Crippen LogP contribution >= 0.6 is 0 Å². The number of esters is 1. The average molecular weight is 289 g/mol. The number of halogens is 2. The zero-order valence-electron chi connectivity index (χ0n) is 11.6. The molecule has 0 heterocycles. The maximum atomic E-state index is 12.2. The van der Waals surface area contributed by atoms with E-state index >= 15 is 0 Å². The number of carbonyl (C=O) groups is 1. The van der Waals surface area contributed by atoms with E-state index in [-0.39, 0.29) is 24.0 Å². The van der Waals surface area contributed by atoms with Crippen LogP contribution in [0.2, 0.25) is 0 Å². The van der Waals surface area contributed by atoms with E-state index in [4.69, 9.17) is 4.74 Å². The lowest BCUT2D eigenvalue weighted by atomic mass is 10.2. The van der Waals surface area contributed by atoms with Crippen molar-refractivity contribution in [1.29, 1.82) is 0 Å². The smallest absolute Gasteiger partial charge is 0.387 e. The highest BCUT2D eigenvalue weighted by atomic mass is 19.3. The van der Waals surface area contributed by atoms with Gasteiger partial charge in [0.1, 0.15) is 0 Å². The van der Waals surface area contributed by atoms with Crippen LogP contribution in [-0.4, -0.2) is 45.3 Å². The fourth-order valence-electron chi connectivity index (χ4n) is 1.66. The summed E-state index contributed by atoms with van der Waals surface area (Å²) in [5.41, 5.74) is 0.801. The largest absolute Gasteiger partial charge is 0.493 e. The van der Waals surface area contributed by atoms with Gasteiger partial charge in [0.2, 0.25) is 0 Å². The second kappa shape index (κ2) is 7.64. The molecule has 5 nitrogen and oxygen atoms in total. The van der Waals surface area contributed by atoms with Crippen LogP contribution in [0, 0.1) is 0 Å². The lowest BCUT2D eigenvalue weighted by molar-refractivity contribution is -0.141. The van der Waals surface area contributed by atoms with Crippen LogP contribution in [0.1, 0.15) is 5.56 Å². The molecule has 20 heavy (non-hydrogen) atoms. The molecular formula is C13H17F2NO4. The van der Waals surface area contributed by atoms with Gasteiger partial charge in [0.05, 0.1) is 20.8 Å². The van der Waals surface area contributed by atoms with Crippen molar-refractivity contribution in [3.05, 3.63) is 23.8 Å². The van der Waals surface area contributed by atoms with Gasteiger partial charge in [0, 0.05) is 6.54 Å². The molecule has 0 saturated carbocycles. The van der Waals surface area contributed by atoms with E-state index in [1.807, 2.05) is 0 Å². The average Bonchev–Trinajstić information content (AvgIpc) is 2.39. The number of nitrogens with zero attached hydrogens (tertiary/aromatic N) is 1. The molecule has 1 aromatic rings. The first-order valence-corrected chi connectivity index (χ1v) is 5.83. The first-order chi connectivity index (χ1) is 9.46. The summed E-state index contributed by atoms with van der Waals surface area (Å²) in [7, 11) is 4.43. The highest BCUT2D eigenvalue weighted by Crippen LogP contribution is 2.29.